The summed E-state index contributed by atoms with van der Waals surface area (Å²) in [6, 6.07) is 4.68. The number of fused-ring (bicyclic) bond motifs is 3. The molecule has 4 rings (SSSR count). The fraction of sp³-hybridized carbons (Fsp3) is 0.227. The number of carbonyl (C=O) groups is 1. The first-order valence-corrected chi connectivity index (χ1v) is 12.8. The molecule has 0 aliphatic heterocycles. The Balaban J connectivity index is 1.71. The maximum atomic E-state index is 14.6. The van der Waals surface area contributed by atoms with Crippen LogP contribution in [0.2, 0.25) is 0 Å². The zero-order valence-electron chi connectivity index (χ0n) is 17.0. The number of halogens is 5. The lowest BCUT2D eigenvalue weighted by molar-refractivity contribution is -0.118. The van der Waals surface area contributed by atoms with Gasteiger partial charge in [-0.15, -0.1) is 0 Å². The Morgan fingerprint density at radius 3 is 2.53 bits per heavy atom. The van der Waals surface area contributed by atoms with E-state index in [2.05, 4.69) is 27.7 Å². The number of pyridine rings is 1. The van der Waals surface area contributed by atoms with Crippen molar-refractivity contribution in [1.82, 2.24) is 14.3 Å². The third kappa shape index (κ3) is 4.21. The van der Waals surface area contributed by atoms with Gasteiger partial charge in [0.1, 0.15) is 17.4 Å². The van der Waals surface area contributed by atoms with E-state index in [9.17, 15) is 18.4 Å². The predicted octanol–water partition coefficient (Wildman–Crippen LogP) is 5.49. The van der Waals surface area contributed by atoms with E-state index in [0.29, 0.717) is 34.5 Å². The summed E-state index contributed by atoms with van der Waals surface area (Å²) in [4.78, 5) is 25.8. The Hall–Kier alpha value is -1.16. The largest absolute Gasteiger partial charge is 0.307 e. The normalized spacial score (nSPS) is 11.6. The molecule has 5 nitrogen and oxygen atoms in total. The van der Waals surface area contributed by atoms with Crippen molar-refractivity contribution < 1.29 is 13.6 Å². The highest BCUT2D eigenvalue weighted by Gasteiger charge is 2.19. The topological polar surface area (TPSA) is 56.9 Å². The minimum Gasteiger partial charge on any atom is -0.307 e. The lowest BCUT2D eigenvalue weighted by Crippen LogP contribution is -2.23. The van der Waals surface area contributed by atoms with Crippen LogP contribution >= 0.6 is 67.8 Å². The standard InChI is InChI=1S/C22H16F2I3N3O2/c1-10-16(25)6-11(19(24)20(10)27)5-12(31)3-4-30-18-8-15(23)17(26)7-13(18)21-14(22(30)32)9-28-29(21)2/h6-9H,3-5H2,1-2H3. The maximum absolute atomic E-state index is 14.6. The number of carbonyl (C=O) groups excluding carboxylic acids is 1. The molecule has 0 aliphatic rings. The van der Waals surface area contributed by atoms with Crippen LogP contribution in [-0.2, 0) is 24.8 Å². The van der Waals surface area contributed by atoms with E-state index in [-0.39, 0.29) is 36.5 Å². The Morgan fingerprint density at radius 2 is 1.81 bits per heavy atom. The third-order valence-electron chi connectivity index (χ3n) is 5.46. The average Bonchev–Trinajstić information content (AvgIpc) is 3.14. The number of hydrogen-bond donors (Lipinski definition) is 0. The predicted molar refractivity (Wildman–Crippen MR) is 145 cm³/mol. The zero-order valence-corrected chi connectivity index (χ0v) is 23.5. The highest BCUT2D eigenvalue weighted by atomic mass is 127. The Bertz CT molecular complexity index is 1480. The van der Waals surface area contributed by atoms with E-state index in [0.717, 1.165) is 9.13 Å². The molecule has 0 N–H and O–H groups in total. The number of ketones is 1. The van der Waals surface area contributed by atoms with Gasteiger partial charge in [0.05, 0.1) is 26.2 Å². The molecule has 0 atom stereocenters. The number of aromatic nitrogens is 3. The van der Waals surface area contributed by atoms with Crippen LogP contribution < -0.4 is 5.56 Å². The molecule has 0 unspecified atom stereocenters. The first-order chi connectivity index (χ1) is 15.1. The minimum absolute atomic E-state index is 0.0227. The molecule has 2 heterocycles. The summed E-state index contributed by atoms with van der Waals surface area (Å²) in [6.45, 7) is 1.91. The second kappa shape index (κ2) is 9.24. The van der Waals surface area contributed by atoms with E-state index in [1.807, 2.05) is 52.1 Å². The Morgan fingerprint density at radius 1 is 1.09 bits per heavy atom. The zero-order chi connectivity index (χ0) is 23.3. The number of aryl methyl sites for hydroxylation is 2. The highest BCUT2D eigenvalue weighted by Crippen LogP contribution is 2.27. The third-order valence-corrected chi connectivity index (χ3v) is 8.69. The van der Waals surface area contributed by atoms with E-state index in [1.54, 1.807) is 23.9 Å². The molecule has 2 aromatic carbocycles. The van der Waals surface area contributed by atoms with Crippen LogP contribution in [0, 0.1) is 29.3 Å². The lowest BCUT2D eigenvalue weighted by Gasteiger charge is -2.13. The molecule has 0 saturated heterocycles. The Labute approximate surface area is 223 Å². The Kier molecular flexibility index (Phi) is 6.92. The van der Waals surface area contributed by atoms with Gasteiger partial charge in [-0.05, 0) is 104 Å². The molecular weight excluding hydrogens is 757 g/mol. The van der Waals surface area contributed by atoms with E-state index in [1.165, 1.54) is 16.8 Å². The van der Waals surface area contributed by atoms with Crippen molar-refractivity contribution in [3.05, 3.63) is 68.2 Å². The monoisotopic (exact) mass is 773 g/mol. The van der Waals surface area contributed by atoms with E-state index >= 15 is 0 Å². The van der Waals surface area contributed by atoms with E-state index < -0.39 is 5.82 Å². The summed E-state index contributed by atoms with van der Waals surface area (Å²) in [7, 11) is 1.73. The van der Waals surface area contributed by atoms with Crippen molar-refractivity contribution in [1.29, 1.82) is 0 Å². The fourth-order valence-corrected chi connectivity index (χ4v) is 6.01. The van der Waals surface area contributed by atoms with Crippen molar-refractivity contribution in [2.24, 2.45) is 7.05 Å². The van der Waals surface area contributed by atoms with Gasteiger partial charge in [0.2, 0.25) is 0 Å². The number of Topliss-reactive ketones (excluding diaryl/α,β-unsaturated/α-hetero) is 1. The van der Waals surface area contributed by atoms with Crippen LogP contribution in [-0.4, -0.2) is 20.1 Å². The van der Waals surface area contributed by atoms with Crippen LogP contribution in [0.5, 0.6) is 0 Å². The van der Waals surface area contributed by atoms with Crippen LogP contribution in [0.25, 0.3) is 21.8 Å². The number of hydrogen-bond acceptors (Lipinski definition) is 3. The van der Waals surface area contributed by atoms with Gasteiger partial charge in [0.25, 0.3) is 5.56 Å². The van der Waals surface area contributed by atoms with Crippen LogP contribution in [0.4, 0.5) is 8.78 Å². The smallest absolute Gasteiger partial charge is 0.262 e. The minimum atomic E-state index is -0.440. The summed E-state index contributed by atoms with van der Waals surface area (Å²) in [5, 5.41) is 5.27. The summed E-state index contributed by atoms with van der Waals surface area (Å²) >= 11 is 5.98. The van der Waals surface area contributed by atoms with Gasteiger partial charge in [0, 0.05) is 39.0 Å². The van der Waals surface area contributed by atoms with Crippen molar-refractivity contribution >= 4 is 95.4 Å². The van der Waals surface area contributed by atoms with Gasteiger partial charge in [0.15, 0.2) is 0 Å². The first-order valence-electron chi connectivity index (χ1n) is 9.58. The number of rotatable bonds is 5. The van der Waals surface area contributed by atoms with Gasteiger partial charge < -0.3 is 4.57 Å². The lowest BCUT2D eigenvalue weighted by atomic mass is 10.0. The SMILES string of the molecule is Cc1c(I)cc(CC(=O)CCn2c(=O)c3cnn(C)c3c3cc(I)c(F)cc32)c(F)c1I. The fourth-order valence-electron chi connectivity index (χ4n) is 3.74. The highest BCUT2D eigenvalue weighted by molar-refractivity contribution is 14.1. The molecule has 2 aromatic heterocycles. The molecule has 0 radical (unpaired) electrons. The first kappa shape index (κ1) is 24.0. The van der Waals surface area contributed by atoms with Gasteiger partial charge in [-0.3, -0.25) is 14.3 Å². The molecule has 0 fully saturated rings. The summed E-state index contributed by atoms with van der Waals surface area (Å²) in [5.74, 6) is -1.02. The molecular formula is C22H16F2I3N3O2. The molecule has 0 saturated carbocycles. The summed E-state index contributed by atoms with van der Waals surface area (Å²) in [6.07, 6.45) is 1.44. The van der Waals surface area contributed by atoms with Crippen molar-refractivity contribution in [3.8, 4) is 0 Å². The summed E-state index contributed by atoms with van der Waals surface area (Å²) in [5.41, 5.74) is 1.88. The van der Waals surface area contributed by atoms with E-state index in [4.69, 9.17) is 0 Å². The quantitative estimate of drug-likeness (QED) is 0.199. The molecule has 0 amide bonds. The van der Waals surface area contributed by atoms with Crippen molar-refractivity contribution in [3.63, 3.8) is 0 Å². The molecule has 32 heavy (non-hydrogen) atoms. The van der Waals surface area contributed by atoms with Gasteiger partial charge in [-0.25, -0.2) is 8.78 Å². The maximum Gasteiger partial charge on any atom is 0.262 e. The second-order valence-electron chi connectivity index (χ2n) is 7.51. The second-order valence-corrected chi connectivity index (χ2v) is 10.9. The van der Waals surface area contributed by atoms with Crippen LogP contribution in [0.15, 0.2) is 29.2 Å². The molecule has 0 bridgehead atoms. The molecule has 0 spiro atoms. The molecule has 10 heteroatoms. The molecule has 4 aromatic rings. The number of benzene rings is 2. The van der Waals surface area contributed by atoms with Gasteiger partial charge in [-0.2, -0.15) is 5.10 Å². The molecule has 166 valence electrons. The van der Waals surface area contributed by atoms with Crippen molar-refractivity contribution in [2.75, 3.05) is 0 Å². The average molecular weight is 773 g/mol. The van der Waals surface area contributed by atoms with Crippen molar-refractivity contribution in [2.45, 2.75) is 26.3 Å². The number of nitrogens with zero attached hydrogens (tertiary/aromatic N) is 3. The van der Waals surface area contributed by atoms with Crippen LogP contribution in [0.3, 0.4) is 0 Å². The van der Waals surface area contributed by atoms with Gasteiger partial charge >= 0.3 is 0 Å². The van der Waals surface area contributed by atoms with Gasteiger partial charge in [-0.1, -0.05) is 0 Å². The summed E-state index contributed by atoms with van der Waals surface area (Å²) < 4.78 is 33.8. The molecule has 0 aliphatic carbocycles. The van der Waals surface area contributed by atoms with Crippen LogP contribution in [0.1, 0.15) is 17.5 Å².